The van der Waals surface area contributed by atoms with Crippen LogP contribution in [0.1, 0.15) is 105 Å². The normalized spacial score (nSPS) is 43.2. The van der Waals surface area contributed by atoms with Gasteiger partial charge in [0.25, 0.3) is 0 Å². The minimum absolute atomic E-state index is 0.347. The predicted molar refractivity (Wildman–Crippen MR) is 125 cm³/mol. The van der Waals surface area contributed by atoms with E-state index >= 15 is 0 Å². The van der Waals surface area contributed by atoms with Crippen LogP contribution in [0, 0.1) is 52.3 Å². The van der Waals surface area contributed by atoms with E-state index in [0.29, 0.717) is 23.4 Å². The molecule has 0 amide bonds. The third kappa shape index (κ3) is 4.45. The quantitative estimate of drug-likeness (QED) is 0.451. The number of fused-ring (bicyclic) bond motifs is 3. The summed E-state index contributed by atoms with van der Waals surface area (Å²) >= 11 is 0. The predicted octanol–water partition coefficient (Wildman–Crippen LogP) is 6.66. The first kappa shape index (κ1) is 23.6. The molecule has 3 fully saturated rings. The number of hydrogen-bond donors (Lipinski definition) is 2. The Morgan fingerprint density at radius 3 is 2.38 bits per heavy atom. The molecule has 0 spiro atoms. The summed E-state index contributed by atoms with van der Waals surface area (Å²) in [5.41, 5.74) is 7.05. The van der Waals surface area contributed by atoms with Crippen molar-refractivity contribution in [2.45, 2.75) is 105 Å². The minimum atomic E-state index is 0.347. The van der Waals surface area contributed by atoms with Gasteiger partial charge in [-0.2, -0.15) is 0 Å². The first-order chi connectivity index (χ1) is 13.8. The van der Waals surface area contributed by atoms with Crippen molar-refractivity contribution in [2.24, 2.45) is 58.0 Å². The molecule has 8 atom stereocenters. The van der Waals surface area contributed by atoms with Crippen LogP contribution in [0.2, 0.25) is 0 Å². The molecule has 0 aromatic rings. The fourth-order valence-corrected chi connectivity index (χ4v) is 8.89. The van der Waals surface area contributed by atoms with Gasteiger partial charge < -0.3 is 10.8 Å². The lowest BCUT2D eigenvalue weighted by Gasteiger charge is -2.59. The van der Waals surface area contributed by atoms with Gasteiger partial charge in [-0.3, -0.25) is 0 Å². The molecule has 29 heavy (non-hydrogen) atoms. The summed E-state index contributed by atoms with van der Waals surface area (Å²) in [6.07, 6.45) is 14.9. The average molecular weight is 406 g/mol. The van der Waals surface area contributed by atoms with Crippen LogP contribution in [0.15, 0.2) is 0 Å². The van der Waals surface area contributed by atoms with Crippen LogP contribution < -0.4 is 5.73 Å². The second kappa shape index (κ2) is 9.60. The topological polar surface area (TPSA) is 46.2 Å². The van der Waals surface area contributed by atoms with E-state index in [1.807, 2.05) is 0 Å². The Hall–Kier alpha value is -0.0800. The summed E-state index contributed by atoms with van der Waals surface area (Å²) in [6.45, 7) is 13.7. The molecule has 0 aromatic carbocycles. The summed E-state index contributed by atoms with van der Waals surface area (Å²) in [7, 11) is 0. The molecule has 0 radical (unpaired) electrons. The molecule has 170 valence electrons. The molecule has 0 bridgehead atoms. The first-order valence-electron chi connectivity index (χ1n) is 13.1. The highest BCUT2D eigenvalue weighted by Gasteiger charge is 2.59. The monoisotopic (exact) mass is 405 g/mol. The Balaban J connectivity index is 1.73. The Bertz CT molecular complexity index is 519. The van der Waals surface area contributed by atoms with E-state index in [1.165, 1.54) is 57.8 Å². The lowest BCUT2D eigenvalue weighted by Crippen LogP contribution is -2.53. The molecule has 0 heterocycles. The van der Waals surface area contributed by atoms with Gasteiger partial charge in [-0.05, 0) is 110 Å². The van der Waals surface area contributed by atoms with Crippen molar-refractivity contribution in [3.05, 3.63) is 0 Å². The molecular formula is C27H51NO. The van der Waals surface area contributed by atoms with Crippen LogP contribution in [-0.4, -0.2) is 18.3 Å². The lowest BCUT2D eigenvalue weighted by molar-refractivity contribution is -0.106. The smallest absolute Gasteiger partial charge is 0.0433 e. The highest BCUT2D eigenvalue weighted by Crippen LogP contribution is 2.67. The van der Waals surface area contributed by atoms with Crippen LogP contribution in [-0.2, 0) is 0 Å². The number of hydrogen-bond acceptors (Lipinski definition) is 2. The van der Waals surface area contributed by atoms with Gasteiger partial charge >= 0.3 is 0 Å². The standard InChI is InChI=1S/C27H51NO/c1-19(2)7-6-8-20(3)23-11-12-24-22-10-9-21(14-18-29)26(4,16-17-28)25(22)13-15-27(23,24)5/h19-25,29H,6-18,28H2,1-5H3/t20-,21?,22?,23?,24?,25?,26+,27?/m1/s1. The molecule has 2 nitrogen and oxygen atoms in total. The number of nitrogens with two attached hydrogens (primary N) is 1. The summed E-state index contributed by atoms with van der Waals surface area (Å²) in [5.74, 6) is 6.04. The summed E-state index contributed by atoms with van der Waals surface area (Å²) in [5, 5.41) is 9.68. The van der Waals surface area contributed by atoms with E-state index in [-0.39, 0.29) is 0 Å². The second-order valence-electron chi connectivity index (χ2n) is 12.2. The Morgan fingerprint density at radius 2 is 1.72 bits per heavy atom. The van der Waals surface area contributed by atoms with Crippen molar-refractivity contribution in [3.63, 3.8) is 0 Å². The molecule has 3 N–H and O–H groups in total. The van der Waals surface area contributed by atoms with Crippen LogP contribution >= 0.6 is 0 Å². The number of aliphatic hydroxyl groups is 1. The van der Waals surface area contributed by atoms with Crippen molar-refractivity contribution < 1.29 is 5.11 Å². The van der Waals surface area contributed by atoms with Crippen LogP contribution in [0.25, 0.3) is 0 Å². The molecule has 2 heteroatoms. The highest BCUT2D eigenvalue weighted by atomic mass is 16.3. The van der Waals surface area contributed by atoms with Gasteiger partial charge in [0, 0.05) is 6.61 Å². The van der Waals surface area contributed by atoms with Gasteiger partial charge in [0.05, 0.1) is 0 Å². The largest absolute Gasteiger partial charge is 0.396 e. The molecule has 3 saturated carbocycles. The fraction of sp³-hybridized carbons (Fsp3) is 1.00. The SMILES string of the molecule is CC(C)CCC[C@@H](C)C1CCC2C3CCC(CCO)[C@](C)(CCN)C3CCC21C. The van der Waals surface area contributed by atoms with E-state index in [2.05, 4.69) is 34.6 Å². The average Bonchev–Trinajstić information content (AvgIpc) is 3.01. The Labute approximate surface area is 181 Å². The van der Waals surface area contributed by atoms with Crippen molar-refractivity contribution in [1.29, 1.82) is 0 Å². The van der Waals surface area contributed by atoms with Crippen LogP contribution in [0.5, 0.6) is 0 Å². The molecule has 6 unspecified atom stereocenters. The molecule has 3 aliphatic rings. The maximum atomic E-state index is 9.68. The number of aliphatic hydroxyl groups excluding tert-OH is 1. The molecule has 0 aliphatic heterocycles. The summed E-state index contributed by atoms with van der Waals surface area (Å²) in [4.78, 5) is 0. The van der Waals surface area contributed by atoms with Gasteiger partial charge in [-0.15, -0.1) is 0 Å². The lowest BCUT2D eigenvalue weighted by atomic mass is 9.45. The summed E-state index contributed by atoms with van der Waals surface area (Å²) < 4.78 is 0. The number of rotatable bonds is 9. The second-order valence-corrected chi connectivity index (χ2v) is 12.2. The van der Waals surface area contributed by atoms with E-state index in [1.54, 1.807) is 0 Å². The molecule has 3 rings (SSSR count). The third-order valence-corrected chi connectivity index (χ3v) is 10.4. The van der Waals surface area contributed by atoms with Crippen molar-refractivity contribution >= 4 is 0 Å². The molecule has 0 aromatic heterocycles. The van der Waals surface area contributed by atoms with Gasteiger partial charge in [-0.25, -0.2) is 0 Å². The van der Waals surface area contributed by atoms with Gasteiger partial charge in [-0.1, -0.05) is 53.9 Å². The van der Waals surface area contributed by atoms with E-state index in [4.69, 9.17) is 5.73 Å². The van der Waals surface area contributed by atoms with Crippen LogP contribution in [0.4, 0.5) is 0 Å². The minimum Gasteiger partial charge on any atom is -0.396 e. The van der Waals surface area contributed by atoms with Gasteiger partial charge in [0.1, 0.15) is 0 Å². The van der Waals surface area contributed by atoms with Crippen LogP contribution in [0.3, 0.4) is 0 Å². The maximum absolute atomic E-state index is 9.68. The Morgan fingerprint density at radius 1 is 0.966 bits per heavy atom. The molecule has 3 aliphatic carbocycles. The third-order valence-electron chi connectivity index (χ3n) is 10.4. The van der Waals surface area contributed by atoms with Gasteiger partial charge in [0.2, 0.25) is 0 Å². The first-order valence-corrected chi connectivity index (χ1v) is 13.1. The van der Waals surface area contributed by atoms with Gasteiger partial charge in [0.15, 0.2) is 0 Å². The van der Waals surface area contributed by atoms with Crippen molar-refractivity contribution in [2.75, 3.05) is 13.2 Å². The Kier molecular flexibility index (Phi) is 7.80. The maximum Gasteiger partial charge on any atom is 0.0433 e. The van der Waals surface area contributed by atoms with Crippen molar-refractivity contribution in [3.8, 4) is 0 Å². The molecule has 0 saturated heterocycles. The van der Waals surface area contributed by atoms with E-state index in [0.717, 1.165) is 54.9 Å². The fourth-order valence-electron chi connectivity index (χ4n) is 8.89. The summed E-state index contributed by atoms with van der Waals surface area (Å²) in [6, 6.07) is 0. The van der Waals surface area contributed by atoms with E-state index < -0.39 is 0 Å². The zero-order valence-corrected chi connectivity index (χ0v) is 20.3. The zero-order chi connectivity index (χ0) is 21.2. The van der Waals surface area contributed by atoms with Crippen molar-refractivity contribution in [1.82, 2.24) is 0 Å². The highest BCUT2D eigenvalue weighted by molar-refractivity contribution is 5.08. The molecular weight excluding hydrogens is 354 g/mol. The zero-order valence-electron chi connectivity index (χ0n) is 20.3. The van der Waals surface area contributed by atoms with E-state index in [9.17, 15) is 5.11 Å².